The number of hydrogen-bond acceptors (Lipinski definition) is 5. The normalized spacial score (nSPS) is 19.7. The molecule has 5 rings (SSSR count). The molecule has 3 aromatic rings. The van der Waals surface area contributed by atoms with E-state index in [0.717, 1.165) is 67.1 Å². The maximum absolute atomic E-state index is 12.4. The lowest BCUT2D eigenvalue weighted by atomic mass is 9.63. The Morgan fingerprint density at radius 1 is 1.11 bits per heavy atom. The van der Waals surface area contributed by atoms with Crippen molar-refractivity contribution in [1.29, 1.82) is 0 Å². The molecule has 0 unspecified atom stereocenters. The largest absolute Gasteiger partial charge is 0.380 e. The summed E-state index contributed by atoms with van der Waals surface area (Å²) < 4.78 is 0. The van der Waals surface area contributed by atoms with E-state index in [9.17, 15) is 9.90 Å². The fourth-order valence-electron chi connectivity index (χ4n) is 5.71. The van der Waals surface area contributed by atoms with Gasteiger partial charge in [-0.15, -0.1) is 0 Å². The van der Waals surface area contributed by atoms with Crippen molar-refractivity contribution in [2.24, 2.45) is 5.41 Å². The van der Waals surface area contributed by atoms with Crippen LogP contribution in [0.1, 0.15) is 74.8 Å². The van der Waals surface area contributed by atoms with Crippen LogP contribution in [-0.2, 0) is 10.4 Å². The SMILES string of the molecule is CC(=O)N1CCC(c2cc(-c3cncc([C@@](O)(c4ccc(C(C)C)cc4)C4(C)CNC4)c3)n[nH]2)CC1. The van der Waals surface area contributed by atoms with Crippen LogP contribution in [0.5, 0.6) is 0 Å². The van der Waals surface area contributed by atoms with Gasteiger partial charge in [0, 0.05) is 73.7 Å². The molecule has 2 aliphatic rings. The third-order valence-electron chi connectivity index (χ3n) is 8.33. The molecule has 0 spiro atoms. The minimum Gasteiger partial charge on any atom is -0.380 e. The number of aromatic nitrogens is 3. The maximum atomic E-state index is 12.4. The van der Waals surface area contributed by atoms with E-state index in [1.165, 1.54) is 5.56 Å². The summed E-state index contributed by atoms with van der Waals surface area (Å²) in [5.41, 5.74) is 4.17. The second kappa shape index (κ2) is 9.45. The molecule has 190 valence electrons. The second-order valence-corrected chi connectivity index (χ2v) is 11.1. The highest BCUT2D eigenvalue weighted by Gasteiger charge is 2.53. The molecule has 2 saturated heterocycles. The first-order valence-corrected chi connectivity index (χ1v) is 13.0. The minimum absolute atomic E-state index is 0.142. The summed E-state index contributed by atoms with van der Waals surface area (Å²) in [6.07, 6.45) is 5.45. The highest BCUT2D eigenvalue weighted by Crippen LogP contribution is 2.48. The Bertz CT molecular complexity index is 1220. The van der Waals surface area contributed by atoms with Crippen molar-refractivity contribution < 1.29 is 9.90 Å². The molecule has 4 heterocycles. The van der Waals surface area contributed by atoms with Gasteiger partial charge in [-0.3, -0.25) is 14.9 Å². The van der Waals surface area contributed by atoms with Crippen molar-refractivity contribution in [2.75, 3.05) is 26.2 Å². The van der Waals surface area contributed by atoms with E-state index in [2.05, 4.69) is 71.6 Å². The zero-order valence-electron chi connectivity index (χ0n) is 21.7. The molecule has 3 N–H and O–H groups in total. The monoisotopic (exact) mass is 487 g/mol. The van der Waals surface area contributed by atoms with E-state index < -0.39 is 5.60 Å². The summed E-state index contributed by atoms with van der Waals surface area (Å²) in [4.78, 5) is 18.1. The Labute approximate surface area is 213 Å². The van der Waals surface area contributed by atoms with Gasteiger partial charge in [0.25, 0.3) is 0 Å². The van der Waals surface area contributed by atoms with E-state index in [1.807, 2.05) is 17.2 Å². The predicted octanol–water partition coefficient (Wildman–Crippen LogP) is 4.17. The van der Waals surface area contributed by atoms with Gasteiger partial charge in [0.2, 0.25) is 5.91 Å². The van der Waals surface area contributed by atoms with Crippen LogP contribution in [0.3, 0.4) is 0 Å². The molecule has 0 radical (unpaired) electrons. The van der Waals surface area contributed by atoms with Crippen LogP contribution in [0.15, 0.2) is 48.8 Å². The fourth-order valence-corrected chi connectivity index (χ4v) is 5.71. The third-order valence-corrected chi connectivity index (χ3v) is 8.33. The van der Waals surface area contributed by atoms with Crippen molar-refractivity contribution >= 4 is 5.91 Å². The molecular formula is C29H37N5O2. The molecule has 36 heavy (non-hydrogen) atoms. The topological polar surface area (TPSA) is 94.1 Å². The number of carbonyl (C=O) groups excluding carboxylic acids is 1. The van der Waals surface area contributed by atoms with Gasteiger partial charge < -0.3 is 15.3 Å². The van der Waals surface area contributed by atoms with Gasteiger partial charge in [0.1, 0.15) is 5.60 Å². The summed E-state index contributed by atoms with van der Waals surface area (Å²) in [7, 11) is 0. The quantitative estimate of drug-likeness (QED) is 0.485. The highest BCUT2D eigenvalue weighted by molar-refractivity contribution is 5.73. The molecule has 7 heteroatoms. The first-order valence-electron chi connectivity index (χ1n) is 13.0. The van der Waals surface area contributed by atoms with Crippen LogP contribution >= 0.6 is 0 Å². The van der Waals surface area contributed by atoms with Gasteiger partial charge in [-0.25, -0.2) is 0 Å². The van der Waals surface area contributed by atoms with Crippen LogP contribution < -0.4 is 5.32 Å². The lowest BCUT2D eigenvalue weighted by molar-refractivity contribution is -0.129. The Morgan fingerprint density at radius 3 is 2.39 bits per heavy atom. The molecule has 1 atom stereocenters. The average Bonchev–Trinajstić information content (AvgIpc) is 3.37. The summed E-state index contributed by atoms with van der Waals surface area (Å²) in [5, 5.41) is 23.5. The van der Waals surface area contributed by atoms with Crippen molar-refractivity contribution in [3.05, 3.63) is 71.2 Å². The van der Waals surface area contributed by atoms with Crippen molar-refractivity contribution in [3.63, 3.8) is 0 Å². The lowest BCUT2D eigenvalue weighted by Gasteiger charge is -2.52. The van der Waals surface area contributed by atoms with E-state index in [0.29, 0.717) is 11.8 Å². The molecular weight excluding hydrogens is 450 g/mol. The number of amides is 1. The number of nitrogens with zero attached hydrogens (tertiary/aromatic N) is 3. The number of nitrogens with one attached hydrogen (secondary N) is 2. The number of rotatable bonds is 6. The number of piperidine rings is 1. The van der Waals surface area contributed by atoms with Gasteiger partial charge >= 0.3 is 0 Å². The molecule has 0 saturated carbocycles. The first-order chi connectivity index (χ1) is 17.2. The highest BCUT2D eigenvalue weighted by atomic mass is 16.3. The minimum atomic E-state index is -1.19. The number of hydrogen-bond donors (Lipinski definition) is 3. The lowest BCUT2D eigenvalue weighted by Crippen LogP contribution is -2.63. The smallest absolute Gasteiger partial charge is 0.219 e. The van der Waals surface area contributed by atoms with Crippen molar-refractivity contribution in [2.45, 2.75) is 58.0 Å². The molecule has 2 aliphatic heterocycles. The average molecular weight is 488 g/mol. The molecule has 2 fully saturated rings. The number of aromatic amines is 1. The Hall–Kier alpha value is -3.03. The zero-order valence-corrected chi connectivity index (χ0v) is 21.7. The van der Waals surface area contributed by atoms with E-state index in [4.69, 9.17) is 0 Å². The van der Waals surface area contributed by atoms with Crippen molar-refractivity contribution in [3.8, 4) is 11.3 Å². The maximum Gasteiger partial charge on any atom is 0.219 e. The number of carbonyl (C=O) groups is 1. The third kappa shape index (κ3) is 4.24. The van der Waals surface area contributed by atoms with Crippen LogP contribution in [-0.4, -0.2) is 57.3 Å². The van der Waals surface area contributed by atoms with Gasteiger partial charge in [-0.1, -0.05) is 45.0 Å². The number of likely N-dealkylation sites (tertiary alicyclic amines) is 1. The van der Waals surface area contributed by atoms with Crippen LogP contribution in [0.4, 0.5) is 0 Å². The summed E-state index contributed by atoms with van der Waals surface area (Å²) in [6.45, 7) is 11.1. The molecule has 1 amide bonds. The molecule has 1 aromatic carbocycles. The number of H-pyrrole nitrogens is 1. The van der Waals surface area contributed by atoms with Crippen LogP contribution in [0.25, 0.3) is 11.3 Å². The van der Waals surface area contributed by atoms with Crippen LogP contribution in [0.2, 0.25) is 0 Å². The van der Waals surface area contributed by atoms with E-state index in [1.54, 1.807) is 13.1 Å². The first kappa shape index (κ1) is 24.7. The standard InChI is InChI=1S/C29H37N5O2/c1-19(2)21-5-7-24(8-6-21)29(36,28(4)17-31-18-28)25-13-23(15-30-16-25)27-14-26(32-33-27)22-9-11-34(12-10-22)20(3)35/h5-8,13-16,19,22,31,36H,9-12,17-18H2,1-4H3,(H,32,33)/t29-/m0/s1. The molecule has 0 bridgehead atoms. The Kier molecular flexibility index (Phi) is 6.47. The molecule has 7 nitrogen and oxygen atoms in total. The van der Waals surface area contributed by atoms with Gasteiger partial charge in [-0.05, 0) is 42.0 Å². The summed E-state index contributed by atoms with van der Waals surface area (Å²) in [6, 6.07) is 12.5. The molecule has 2 aromatic heterocycles. The van der Waals surface area contributed by atoms with Gasteiger partial charge in [0.05, 0.1) is 5.69 Å². The summed E-state index contributed by atoms with van der Waals surface area (Å²) >= 11 is 0. The fraction of sp³-hybridized carbons (Fsp3) is 0.483. The van der Waals surface area contributed by atoms with Crippen LogP contribution in [0, 0.1) is 5.41 Å². The Morgan fingerprint density at radius 2 is 1.81 bits per heavy atom. The number of pyridine rings is 1. The number of aliphatic hydroxyl groups is 1. The summed E-state index contributed by atoms with van der Waals surface area (Å²) in [5.74, 6) is 0.930. The van der Waals surface area contributed by atoms with E-state index >= 15 is 0 Å². The molecule has 0 aliphatic carbocycles. The number of benzene rings is 1. The van der Waals surface area contributed by atoms with Gasteiger partial charge in [0.15, 0.2) is 0 Å². The van der Waals surface area contributed by atoms with Gasteiger partial charge in [-0.2, -0.15) is 5.10 Å². The van der Waals surface area contributed by atoms with Crippen molar-refractivity contribution in [1.82, 2.24) is 25.4 Å². The zero-order chi connectivity index (χ0) is 25.5. The van der Waals surface area contributed by atoms with E-state index in [-0.39, 0.29) is 11.3 Å². The second-order valence-electron chi connectivity index (χ2n) is 11.1. The predicted molar refractivity (Wildman–Crippen MR) is 141 cm³/mol. The Balaban J connectivity index is 1.45.